The number of rotatable bonds is 6. The van der Waals surface area contributed by atoms with Crippen molar-refractivity contribution in [2.24, 2.45) is 0 Å². The zero-order valence-electron chi connectivity index (χ0n) is 11.8. The van der Waals surface area contributed by atoms with Crippen LogP contribution < -0.4 is 10.2 Å². The first kappa shape index (κ1) is 15.8. The van der Waals surface area contributed by atoms with Gasteiger partial charge in [0.15, 0.2) is 0 Å². The highest BCUT2D eigenvalue weighted by Gasteiger charge is 2.19. The maximum absolute atomic E-state index is 10.7. The van der Waals surface area contributed by atoms with Crippen molar-refractivity contribution in [3.8, 4) is 0 Å². The number of halogens is 1. The fraction of sp³-hybridized carbons (Fsp3) is 0.286. The highest BCUT2D eigenvalue weighted by Crippen LogP contribution is 2.27. The van der Waals surface area contributed by atoms with Crippen LogP contribution in [0, 0.1) is 10.1 Å². The molecule has 0 aliphatic rings. The Labute approximate surface area is 132 Å². The van der Waals surface area contributed by atoms with Crippen LogP contribution in [-0.2, 0) is 0 Å². The standard InChI is InChI=1S/C14H16ClN3O2S/c1-17(2)13(14-4-3-7-21-14)9-16-12-6-5-10(18(19)20)8-11(12)15/h3-8,13,16H,9H2,1-2H3/p+1/t13-/m1/s1. The smallest absolute Gasteiger partial charge is 0.271 e. The molecule has 2 aromatic rings. The van der Waals surface area contributed by atoms with Gasteiger partial charge in [-0.25, -0.2) is 0 Å². The van der Waals surface area contributed by atoms with Gasteiger partial charge in [-0.3, -0.25) is 10.1 Å². The van der Waals surface area contributed by atoms with Crippen LogP contribution >= 0.6 is 22.9 Å². The molecule has 0 amide bonds. The second kappa shape index (κ2) is 6.89. The SMILES string of the molecule is C[NH+](C)[C@H](CNc1ccc([N+](=O)[O-])cc1Cl)c1cccs1. The summed E-state index contributed by atoms with van der Waals surface area (Å²) in [6, 6.07) is 8.92. The lowest BCUT2D eigenvalue weighted by Crippen LogP contribution is -3.06. The summed E-state index contributed by atoms with van der Waals surface area (Å²) in [6.07, 6.45) is 0. The number of thiophene rings is 1. The number of non-ortho nitro benzene ring substituents is 1. The zero-order chi connectivity index (χ0) is 15.4. The van der Waals surface area contributed by atoms with Crippen molar-refractivity contribution in [3.63, 3.8) is 0 Å². The fourth-order valence-electron chi connectivity index (χ4n) is 2.05. The van der Waals surface area contributed by atoms with E-state index >= 15 is 0 Å². The number of anilines is 1. The average molecular weight is 327 g/mol. The topological polar surface area (TPSA) is 59.6 Å². The second-order valence-corrected chi connectivity index (χ2v) is 6.33. The Morgan fingerprint density at radius 3 is 2.71 bits per heavy atom. The minimum Gasteiger partial charge on any atom is -0.377 e. The summed E-state index contributed by atoms with van der Waals surface area (Å²) in [4.78, 5) is 12.8. The van der Waals surface area contributed by atoms with Crippen LogP contribution in [0.1, 0.15) is 10.9 Å². The average Bonchev–Trinajstić information content (AvgIpc) is 2.93. The van der Waals surface area contributed by atoms with Gasteiger partial charge in [-0.15, -0.1) is 11.3 Å². The molecule has 0 saturated carbocycles. The summed E-state index contributed by atoms with van der Waals surface area (Å²) in [5.74, 6) is 0. The van der Waals surface area contributed by atoms with Crippen molar-refractivity contribution in [3.05, 3.63) is 55.7 Å². The number of nitrogens with zero attached hydrogens (tertiary/aromatic N) is 1. The third-order valence-electron chi connectivity index (χ3n) is 3.24. The molecule has 112 valence electrons. The number of likely N-dealkylation sites (N-methyl/N-ethyl adjacent to an activating group) is 1. The molecule has 5 nitrogen and oxygen atoms in total. The van der Waals surface area contributed by atoms with Gasteiger partial charge in [0, 0.05) is 12.1 Å². The third-order valence-corrected chi connectivity index (χ3v) is 4.54. The predicted molar refractivity (Wildman–Crippen MR) is 86.5 cm³/mol. The van der Waals surface area contributed by atoms with Gasteiger partial charge in [0.25, 0.3) is 5.69 Å². The van der Waals surface area contributed by atoms with Crippen molar-refractivity contribution >= 4 is 34.3 Å². The molecule has 0 radical (unpaired) electrons. The molecule has 0 aliphatic heterocycles. The van der Waals surface area contributed by atoms with Gasteiger partial charge in [-0.1, -0.05) is 17.7 Å². The van der Waals surface area contributed by atoms with Crippen LogP contribution in [0.2, 0.25) is 5.02 Å². The van der Waals surface area contributed by atoms with Gasteiger partial charge >= 0.3 is 0 Å². The van der Waals surface area contributed by atoms with Crippen molar-refractivity contribution in [1.82, 2.24) is 0 Å². The van der Waals surface area contributed by atoms with Crippen LogP contribution in [0.3, 0.4) is 0 Å². The molecule has 1 aromatic carbocycles. The summed E-state index contributed by atoms with van der Waals surface area (Å²) in [7, 11) is 4.20. The Balaban J connectivity index is 2.09. The van der Waals surface area contributed by atoms with Crippen LogP contribution in [0.25, 0.3) is 0 Å². The molecular weight excluding hydrogens is 310 g/mol. The van der Waals surface area contributed by atoms with Gasteiger partial charge in [-0.05, 0) is 17.5 Å². The minimum atomic E-state index is -0.450. The maximum Gasteiger partial charge on any atom is 0.271 e. The van der Waals surface area contributed by atoms with Gasteiger partial charge in [0.2, 0.25) is 0 Å². The molecule has 2 N–H and O–H groups in total. The molecule has 0 spiro atoms. The van der Waals surface area contributed by atoms with E-state index in [2.05, 4.69) is 30.9 Å². The van der Waals surface area contributed by atoms with Gasteiger partial charge in [-0.2, -0.15) is 0 Å². The van der Waals surface area contributed by atoms with E-state index < -0.39 is 4.92 Å². The van der Waals surface area contributed by atoms with Crippen LogP contribution in [0.4, 0.5) is 11.4 Å². The highest BCUT2D eigenvalue weighted by atomic mass is 35.5. The largest absolute Gasteiger partial charge is 0.377 e. The van der Waals surface area contributed by atoms with Crippen molar-refractivity contribution in [1.29, 1.82) is 0 Å². The summed E-state index contributed by atoms with van der Waals surface area (Å²) in [5.41, 5.74) is 0.712. The molecule has 0 saturated heterocycles. The highest BCUT2D eigenvalue weighted by molar-refractivity contribution is 7.10. The number of nitro groups is 1. The van der Waals surface area contributed by atoms with E-state index in [4.69, 9.17) is 11.6 Å². The molecule has 2 rings (SSSR count). The first-order chi connectivity index (χ1) is 9.99. The molecule has 0 aliphatic carbocycles. The number of nitrogens with one attached hydrogen (secondary N) is 2. The van der Waals surface area contributed by atoms with E-state index in [-0.39, 0.29) is 5.69 Å². The van der Waals surface area contributed by atoms with E-state index in [1.807, 2.05) is 6.07 Å². The molecule has 21 heavy (non-hydrogen) atoms. The summed E-state index contributed by atoms with van der Waals surface area (Å²) in [5, 5.41) is 16.4. The normalized spacial score (nSPS) is 12.4. The van der Waals surface area contributed by atoms with Crippen molar-refractivity contribution in [2.45, 2.75) is 6.04 Å². The monoisotopic (exact) mass is 326 g/mol. The van der Waals surface area contributed by atoms with Gasteiger partial charge < -0.3 is 10.2 Å². The lowest BCUT2D eigenvalue weighted by molar-refractivity contribution is -0.889. The van der Waals surface area contributed by atoms with E-state index in [0.29, 0.717) is 23.3 Å². The Bertz CT molecular complexity index is 617. The molecule has 0 unspecified atom stereocenters. The zero-order valence-corrected chi connectivity index (χ0v) is 13.4. The number of quaternary nitrogens is 1. The van der Waals surface area contributed by atoms with Crippen LogP contribution in [0.5, 0.6) is 0 Å². The quantitative estimate of drug-likeness (QED) is 0.633. The number of benzene rings is 1. The van der Waals surface area contributed by atoms with Gasteiger partial charge in [0.05, 0.1) is 41.2 Å². The van der Waals surface area contributed by atoms with Crippen molar-refractivity contribution in [2.75, 3.05) is 26.0 Å². The lowest BCUT2D eigenvalue weighted by atomic mass is 10.2. The summed E-state index contributed by atoms with van der Waals surface area (Å²) < 4.78 is 0. The Kier molecular flexibility index (Phi) is 5.17. The summed E-state index contributed by atoms with van der Waals surface area (Å²) in [6.45, 7) is 0.709. The minimum absolute atomic E-state index is 0.00130. The predicted octanol–water partition coefficient (Wildman–Crippen LogP) is 2.61. The molecule has 0 bridgehead atoms. The lowest BCUT2D eigenvalue weighted by Gasteiger charge is -2.21. The molecule has 7 heteroatoms. The number of hydrogen-bond acceptors (Lipinski definition) is 4. The number of hydrogen-bond donors (Lipinski definition) is 2. The Morgan fingerprint density at radius 1 is 1.43 bits per heavy atom. The van der Waals surface area contributed by atoms with Crippen LogP contribution in [0.15, 0.2) is 35.7 Å². The van der Waals surface area contributed by atoms with Gasteiger partial charge in [0.1, 0.15) is 6.04 Å². The third kappa shape index (κ3) is 3.93. The van der Waals surface area contributed by atoms with E-state index in [1.165, 1.54) is 21.9 Å². The molecule has 1 atom stereocenters. The number of nitro benzene ring substituents is 1. The molecule has 1 heterocycles. The Hall–Kier alpha value is -1.63. The maximum atomic E-state index is 10.7. The summed E-state index contributed by atoms with van der Waals surface area (Å²) >= 11 is 7.81. The van der Waals surface area contributed by atoms with E-state index in [9.17, 15) is 10.1 Å². The molecule has 0 fully saturated rings. The van der Waals surface area contributed by atoms with Crippen LogP contribution in [-0.4, -0.2) is 25.6 Å². The molecule has 1 aromatic heterocycles. The first-order valence-electron chi connectivity index (χ1n) is 6.50. The van der Waals surface area contributed by atoms with E-state index in [1.54, 1.807) is 17.4 Å². The van der Waals surface area contributed by atoms with E-state index in [0.717, 1.165) is 0 Å². The fourth-order valence-corrected chi connectivity index (χ4v) is 3.25. The molecular formula is C14H17ClN3O2S+. The Morgan fingerprint density at radius 2 is 2.19 bits per heavy atom. The second-order valence-electron chi connectivity index (χ2n) is 4.95. The van der Waals surface area contributed by atoms with Crippen molar-refractivity contribution < 1.29 is 9.82 Å². The first-order valence-corrected chi connectivity index (χ1v) is 7.76.